The summed E-state index contributed by atoms with van der Waals surface area (Å²) in [4.78, 5) is 24.1. The topological polar surface area (TPSA) is 63.5 Å². The van der Waals surface area contributed by atoms with E-state index in [4.69, 9.17) is 12.2 Å². The fourth-order valence-corrected chi connectivity index (χ4v) is 2.79. The van der Waals surface area contributed by atoms with E-state index in [1.165, 1.54) is 22.7 Å². The number of nitro benzene ring substituents is 1. The predicted octanol–water partition coefficient (Wildman–Crippen LogP) is 2.73. The zero-order valence-corrected chi connectivity index (χ0v) is 11.9. The van der Waals surface area contributed by atoms with Gasteiger partial charge in [-0.1, -0.05) is 36.1 Å². The Labute approximate surface area is 119 Å². The van der Waals surface area contributed by atoms with Crippen molar-refractivity contribution in [1.29, 1.82) is 0 Å². The highest BCUT2D eigenvalue weighted by atomic mass is 32.2. The van der Waals surface area contributed by atoms with E-state index >= 15 is 0 Å². The van der Waals surface area contributed by atoms with Crippen molar-refractivity contribution in [2.24, 2.45) is 0 Å². The summed E-state index contributed by atoms with van der Waals surface area (Å²) in [5.74, 6) is -0.182. The summed E-state index contributed by atoms with van der Waals surface area (Å²) in [6.07, 6.45) is 1.62. The number of likely N-dealkylation sites (N-methyl/N-ethyl adjacent to an activating group) is 1. The second-order valence-corrected chi connectivity index (χ2v) is 5.72. The predicted molar refractivity (Wildman–Crippen MR) is 78.8 cm³/mol. The van der Waals surface area contributed by atoms with Crippen LogP contribution in [0.15, 0.2) is 23.1 Å². The summed E-state index contributed by atoms with van der Waals surface area (Å²) >= 11 is 6.21. The van der Waals surface area contributed by atoms with Gasteiger partial charge in [0.1, 0.15) is 4.32 Å². The van der Waals surface area contributed by atoms with Crippen LogP contribution in [0.25, 0.3) is 6.08 Å². The average molecular weight is 294 g/mol. The summed E-state index contributed by atoms with van der Waals surface area (Å²) < 4.78 is 0.484. The van der Waals surface area contributed by atoms with E-state index in [0.717, 1.165) is 0 Å². The molecule has 1 saturated heterocycles. The number of rotatable bonds is 2. The average Bonchev–Trinajstić information content (AvgIpc) is 2.59. The Morgan fingerprint density at radius 3 is 2.68 bits per heavy atom. The van der Waals surface area contributed by atoms with Gasteiger partial charge in [0.15, 0.2) is 0 Å². The molecule has 7 heteroatoms. The molecular formula is C12H10N2O3S2. The van der Waals surface area contributed by atoms with Gasteiger partial charge in [-0.05, 0) is 18.6 Å². The molecule has 0 N–H and O–H groups in total. The molecule has 19 heavy (non-hydrogen) atoms. The number of hydrogen-bond acceptors (Lipinski definition) is 5. The number of carbonyl (C=O) groups excluding carboxylic acids is 1. The Kier molecular flexibility index (Phi) is 3.68. The van der Waals surface area contributed by atoms with Crippen LogP contribution in [0.4, 0.5) is 5.69 Å². The molecule has 1 heterocycles. The van der Waals surface area contributed by atoms with Crippen LogP contribution in [0.5, 0.6) is 0 Å². The maximum atomic E-state index is 11.8. The van der Waals surface area contributed by atoms with E-state index in [1.54, 1.807) is 32.2 Å². The smallest absolute Gasteiger partial charge is 0.272 e. The number of amides is 1. The number of thiocarbonyl (C=S) groups is 1. The van der Waals surface area contributed by atoms with Crippen LogP contribution in [0.1, 0.15) is 11.1 Å². The Bertz CT molecular complexity index is 625. The maximum Gasteiger partial charge on any atom is 0.272 e. The monoisotopic (exact) mass is 294 g/mol. The van der Waals surface area contributed by atoms with Crippen molar-refractivity contribution in [1.82, 2.24) is 4.90 Å². The molecule has 0 unspecified atom stereocenters. The van der Waals surface area contributed by atoms with Crippen LogP contribution in [0, 0.1) is 17.0 Å². The zero-order valence-electron chi connectivity index (χ0n) is 10.2. The molecule has 0 bridgehead atoms. The third kappa shape index (κ3) is 2.66. The number of aryl methyl sites for hydroxylation is 1. The molecule has 1 aliphatic rings. The fraction of sp³-hybridized carbons (Fsp3) is 0.167. The molecule has 0 aliphatic carbocycles. The van der Waals surface area contributed by atoms with Gasteiger partial charge < -0.3 is 0 Å². The van der Waals surface area contributed by atoms with Crippen LogP contribution in [-0.4, -0.2) is 27.1 Å². The third-order valence-electron chi connectivity index (χ3n) is 2.71. The van der Waals surface area contributed by atoms with Crippen molar-refractivity contribution in [3.63, 3.8) is 0 Å². The number of thioether (sulfide) groups is 1. The summed E-state index contributed by atoms with van der Waals surface area (Å²) in [6, 6.07) is 4.86. The first-order valence-electron chi connectivity index (χ1n) is 5.37. The van der Waals surface area contributed by atoms with Gasteiger partial charge in [-0.2, -0.15) is 0 Å². The lowest BCUT2D eigenvalue weighted by Crippen LogP contribution is -2.22. The zero-order chi connectivity index (χ0) is 14.2. The first-order valence-corrected chi connectivity index (χ1v) is 6.59. The normalized spacial score (nSPS) is 17.4. The minimum Gasteiger partial charge on any atom is -0.296 e. The number of nitrogens with zero attached hydrogens (tertiary/aromatic N) is 2. The van der Waals surface area contributed by atoms with E-state index in [-0.39, 0.29) is 11.6 Å². The van der Waals surface area contributed by atoms with E-state index in [9.17, 15) is 14.9 Å². The van der Waals surface area contributed by atoms with E-state index in [1.807, 2.05) is 0 Å². The molecule has 0 radical (unpaired) electrons. The highest BCUT2D eigenvalue weighted by Gasteiger charge is 2.28. The van der Waals surface area contributed by atoms with Crippen molar-refractivity contribution >= 4 is 46.0 Å². The van der Waals surface area contributed by atoms with E-state index in [0.29, 0.717) is 20.4 Å². The second-order valence-electron chi connectivity index (χ2n) is 4.04. The highest BCUT2D eigenvalue weighted by molar-refractivity contribution is 8.26. The SMILES string of the molecule is Cc1ccc(C=C2SC(=S)N(C)C2=O)cc1[N+](=O)[O-]. The minimum absolute atomic E-state index is 0.0423. The van der Waals surface area contributed by atoms with E-state index in [2.05, 4.69) is 0 Å². The molecule has 98 valence electrons. The molecule has 0 atom stereocenters. The highest BCUT2D eigenvalue weighted by Crippen LogP contribution is 2.32. The molecule has 1 aliphatic heterocycles. The number of hydrogen-bond donors (Lipinski definition) is 0. The van der Waals surface area contributed by atoms with E-state index < -0.39 is 4.92 Å². The molecule has 1 fully saturated rings. The molecule has 1 amide bonds. The molecule has 0 spiro atoms. The number of benzene rings is 1. The van der Waals surface area contributed by atoms with Crippen LogP contribution >= 0.6 is 24.0 Å². The molecule has 0 saturated carbocycles. The molecule has 2 rings (SSSR count). The van der Waals surface area contributed by atoms with Gasteiger partial charge in [0.05, 0.1) is 9.83 Å². The van der Waals surface area contributed by atoms with Crippen LogP contribution in [-0.2, 0) is 4.79 Å². The van der Waals surface area contributed by atoms with Crippen molar-refractivity contribution in [2.75, 3.05) is 7.05 Å². The minimum atomic E-state index is -0.433. The lowest BCUT2D eigenvalue weighted by Gasteiger charge is -2.03. The quantitative estimate of drug-likeness (QED) is 0.363. The van der Waals surface area contributed by atoms with Crippen LogP contribution < -0.4 is 0 Å². The Hall–Kier alpha value is -1.73. The van der Waals surface area contributed by atoms with Gasteiger partial charge in [0, 0.05) is 18.7 Å². The van der Waals surface area contributed by atoms with Crippen molar-refractivity contribution < 1.29 is 9.72 Å². The van der Waals surface area contributed by atoms with Crippen molar-refractivity contribution in [3.05, 3.63) is 44.3 Å². The largest absolute Gasteiger partial charge is 0.296 e. The molecule has 1 aromatic carbocycles. The standard InChI is InChI=1S/C12H10N2O3S2/c1-7-3-4-8(5-9(7)14(16)17)6-10-11(15)13(2)12(18)19-10/h3-6H,1-2H3. The van der Waals surface area contributed by atoms with Gasteiger partial charge in [-0.15, -0.1) is 0 Å². The third-order valence-corrected chi connectivity index (χ3v) is 4.20. The van der Waals surface area contributed by atoms with Gasteiger partial charge in [0.25, 0.3) is 11.6 Å². The summed E-state index contributed by atoms with van der Waals surface area (Å²) in [6.45, 7) is 1.67. The van der Waals surface area contributed by atoms with Gasteiger partial charge >= 0.3 is 0 Å². The summed E-state index contributed by atoms with van der Waals surface area (Å²) in [5, 5.41) is 10.9. The van der Waals surface area contributed by atoms with Gasteiger partial charge in [0.2, 0.25) is 0 Å². The molecule has 1 aromatic rings. The molecule has 5 nitrogen and oxygen atoms in total. The molecular weight excluding hydrogens is 284 g/mol. The summed E-state index contributed by atoms with van der Waals surface area (Å²) in [5.41, 5.74) is 1.25. The lowest BCUT2D eigenvalue weighted by molar-refractivity contribution is -0.385. The Morgan fingerprint density at radius 1 is 1.47 bits per heavy atom. The number of carbonyl (C=O) groups is 1. The lowest BCUT2D eigenvalue weighted by atomic mass is 10.1. The number of nitro groups is 1. The fourth-order valence-electron chi connectivity index (χ4n) is 1.61. The van der Waals surface area contributed by atoms with Crippen molar-refractivity contribution in [2.45, 2.75) is 6.92 Å². The van der Waals surface area contributed by atoms with Gasteiger partial charge in [-0.3, -0.25) is 19.8 Å². The van der Waals surface area contributed by atoms with Crippen LogP contribution in [0.2, 0.25) is 0 Å². The Balaban J connectivity index is 2.39. The molecule has 0 aromatic heterocycles. The first-order chi connectivity index (χ1) is 8.90. The maximum absolute atomic E-state index is 11.8. The van der Waals surface area contributed by atoms with Gasteiger partial charge in [-0.25, -0.2) is 0 Å². The van der Waals surface area contributed by atoms with Crippen molar-refractivity contribution in [3.8, 4) is 0 Å². The van der Waals surface area contributed by atoms with Crippen LogP contribution in [0.3, 0.4) is 0 Å². The second kappa shape index (κ2) is 5.10. The first kappa shape index (κ1) is 13.7. The summed E-state index contributed by atoms with van der Waals surface area (Å²) in [7, 11) is 1.61. The Morgan fingerprint density at radius 2 is 2.16 bits per heavy atom.